The molecule has 0 saturated carbocycles. The molecule has 1 aliphatic rings. The molecule has 2 aromatic heterocycles. The number of nitrogens with one attached hydrogen (secondary N) is 2. The Balaban J connectivity index is 1.70. The Morgan fingerprint density at radius 3 is 3.10 bits per heavy atom. The van der Waals surface area contributed by atoms with Crippen LogP contribution >= 0.6 is 11.3 Å². The molecule has 3 heterocycles. The highest BCUT2D eigenvalue weighted by Gasteiger charge is 2.18. The highest BCUT2D eigenvalue weighted by atomic mass is 32.1. The van der Waals surface area contributed by atoms with E-state index >= 15 is 0 Å². The number of hydrogen-bond acceptors (Lipinski definition) is 4. The van der Waals surface area contributed by atoms with Crippen LogP contribution in [0.2, 0.25) is 0 Å². The molecule has 2 N–H and O–H groups in total. The highest BCUT2D eigenvalue weighted by molar-refractivity contribution is 7.17. The van der Waals surface area contributed by atoms with Gasteiger partial charge in [-0.2, -0.15) is 5.10 Å². The van der Waals surface area contributed by atoms with E-state index in [0.29, 0.717) is 0 Å². The Kier molecular flexibility index (Phi) is 3.84. The molecule has 1 aliphatic heterocycles. The summed E-state index contributed by atoms with van der Waals surface area (Å²) in [5.41, 5.74) is 1.04. The summed E-state index contributed by atoms with van der Waals surface area (Å²) in [5.74, 6) is 0.0251. The first kappa shape index (κ1) is 13.3. The number of carbonyl (C=O) groups is 1. The number of thiophene rings is 1. The molecule has 5 nitrogen and oxygen atoms in total. The summed E-state index contributed by atoms with van der Waals surface area (Å²) in [4.78, 5) is 14.1. The lowest BCUT2D eigenvalue weighted by molar-refractivity contribution is 0.0935. The van der Waals surface area contributed by atoms with Crippen LogP contribution in [0, 0.1) is 0 Å². The first-order chi connectivity index (χ1) is 9.74. The molecule has 1 fully saturated rings. The minimum atomic E-state index is 0.0251. The van der Waals surface area contributed by atoms with Crippen molar-refractivity contribution in [2.75, 3.05) is 13.1 Å². The van der Waals surface area contributed by atoms with Crippen molar-refractivity contribution in [1.29, 1.82) is 0 Å². The standard InChI is InChI=1S/C14H18N4OS/c1-18-11(6-8-16-18)12-4-5-13(20-12)14(19)17-10-3-2-7-15-9-10/h4-6,8,10,15H,2-3,7,9H2,1H3,(H,17,19)/t10-/m0/s1. The van der Waals surface area contributed by atoms with E-state index in [4.69, 9.17) is 0 Å². The van der Waals surface area contributed by atoms with Crippen LogP contribution in [0.25, 0.3) is 10.6 Å². The van der Waals surface area contributed by atoms with Crippen LogP contribution < -0.4 is 10.6 Å². The van der Waals surface area contributed by atoms with Gasteiger partial charge in [0.2, 0.25) is 0 Å². The van der Waals surface area contributed by atoms with Crippen LogP contribution in [0.15, 0.2) is 24.4 Å². The van der Waals surface area contributed by atoms with E-state index in [0.717, 1.165) is 41.4 Å². The molecular formula is C14H18N4OS. The fourth-order valence-electron chi connectivity index (χ4n) is 2.44. The van der Waals surface area contributed by atoms with Gasteiger partial charge < -0.3 is 10.6 Å². The molecule has 0 bridgehead atoms. The zero-order valence-corrected chi connectivity index (χ0v) is 12.2. The molecule has 1 atom stereocenters. The minimum Gasteiger partial charge on any atom is -0.347 e. The van der Waals surface area contributed by atoms with Crippen molar-refractivity contribution >= 4 is 17.2 Å². The monoisotopic (exact) mass is 290 g/mol. The predicted octanol–water partition coefficient (Wildman–Crippen LogP) is 1.63. The van der Waals surface area contributed by atoms with Crippen molar-refractivity contribution in [1.82, 2.24) is 20.4 Å². The van der Waals surface area contributed by atoms with Gasteiger partial charge in [0.05, 0.1) is 15.4 Å². The summed E-state index contributed by atoms with van der Waals surface area (Å²) >= 11 is 1.51. The van der Waals surface area contributed by atoms with Gasteiger partial charge >= 0.3 is 0 Å². The van der Waals surface area contributed by atoms with Crippen LogP contribution in [-0.4, -0.2) is 34.8 Å². The van der Waals surface area contributed by atoms with Crippen LogP contribution in [0.1, 0.15) is 22.5 Å². The van der Waals surface area contributed by atoms with Crippen molar-refractivity contribution in [3.8, 4) is 10.6 Å². The number of piperidine rings is 1. The summed E-state index contributed by atoms with van der Waals surface area (Å²) in [6, 6.07) is 6.07. The molecule has 3 rings (SSSR count). The molecule has 0 spiro atoms. The lowest BCUT2D eigenvalue weighted by atomic mass is 10.1. The molecule has 0 aliphatic carbocycles. The molecule has 1 saturated heterocycles. The SMILES string of the molecule is Cn1nccc1-c1ccc(C(=O)N[C@H]2CCCNC2)s1. The Morgan fingerprint density at radius 1 is 1.50 bits per heavy atom. The van der Waals surface area contributed by atoms with Gasteiger partial charge in [0.15, 0.2) is 0 Å². The average molecular weight is 290 g/mol. The van der Waals surface area contributed by atoms with Crippen LogP contribution in [0.5, 0.6) is 0 Å². The molecule has 106 valence electrons. The molecule has 6 heteroatoms. The summed E-state index contributed by atoms with van der Waals surface area (Å²) < 4.78 is 1.82. The number of hydrogen-bond donors (Lipinski definition) is 2. The molecule has 0 radical (unpaired) electrons. The maximum absolute atomic E-state index is 12.2. The Bertz CT molecular complexity index is 598. The largest absolute Gasteiger partial charge is 0.347 e. The summed E-state index contributed by atoms with van der Waals surface area (Å²) in [7, 11) is 1.91. The number of nitrogens with zero attached hydrogens (tertiary/aromatic N) is 2. The summed E-state index contributed by atoms with van der Waals surface area (Å²) in [6.45, 7) is 1.92. The maximum atomic E-state index is 12.2. The average Bonchev–Trinajstić information content (AvgIpc) is 3.08. The highest BCUT2D eigenvalue weighted by Crippen LogP contribution is 2.27. The second-order valence-corrected chi connectivity index (χ2v) is 6.10. The summed E-state index contributed by atoms with van der Waals surface area (Å²) in [6.07, 6.45) is 3.94. The van der Waals surface area contributed by atoms with E-state index in [1.165, 1.54) is 11.3 Å². The van der Waals surface area contributed by atoms with E-state index in [-0.39, 0.29) is 11.9 Å². The normalized spacial score (nSPS) is 18.9. The third-order valence-corrected chi connectivity index (χ3v) is 4.64. The van der Waals surface area contributed by atoms with Gasteiger partial charge in [-0.15, -0.1) is 11.3 Å². The maximum Gasteiger partial charge on any atom is 0.261 e. The van der Waals surface area contributed by atoms with E-state index in [1.807, 2.05) is 29.9 Å². The zero-order valence-electron chi connectivity index (χ0n) is 11.4. The Labute approximate surface area is 122 Å². The quantitative estimate of drug-likeness (QED) is 0.903. The van der Waals surface area contributed by atoms with Crippen LogP contribution in [0.3, 0.4) is 0 Å². The third kappa shape index (κ3) is 2.76. The number of rotatable bonds is 3. The van der Waals surface area contributed by atoms with Gasteiger partial charge in [0, 0.05) is 25.8 Å². The first-order valence-corrected chi connectivity index (χ1v) is 7.65. The number of aryl methyl sites for hydroxylation is 1. The predicted molar refractivity (Wildman–Crippen MR) is 79.9 cm³/mol. The number of aromatic nitrogens is 2. The van der Waals surface area contributed by atoms with Crippen molar-refractivity contribution in [2.45, 2.75) is 18.9 Å². The fraction of sp³-hybridized carbons (Fsp3) is 0.429. The smallest absolute Gasteiger partial charge is 0.261 e. The second-order valence-electron chi connectivity index (χ2n) is 5.02. The van der Waals surface area contributed by atoms with Crippen molar-refractivity contribution in [3.63, 3.8) is 0 Å². The van der Waals surface area contributed by atoms with E-state index in [9.17, 15) is 4.79 Å². The topological polar surface area (TPSA) is 59.0 Å². The molecule has 2 aromatic rings. The van der Waals surface area contributed by atoms with Crippen LogP contribution in [0.4, 0.5) is 0 Å². The van der Waals surface area contributed by atoms with Gasteiger partial charge in [-0.3, -0.25) is 9.48 Å². The van der Waals surface area contributed by atoms with Crippen molar-refractivity contribution in [3.05, 3.63) is 29.3 Å². The molecule has 0 aromatic carbocycles. The van der Waals surface area contributed by atoms with Crippen LogP contribution in [-0.2, 0) is 7.05 Å². The molecule has 20 heavy (non-hydrogen) atoms. The second kappa shape index (κ2) is 5.76. The minimum absolute atomic E-state index is 0.0251. The summed E-state index contributed by atoms with van der Waals surface area (Å²) in [5, 5.41) is 10.6. The lowest BCUT2D eigenvalue weighted by Gasteiger charge is -2.23. The number of carbonyl (C=O) groups excluding carboxylic acids is 1. The first-order valence-electron chi connectivity index (χ1n) is 6.84. The van der Waals surface area contributed by atoms with Crippen molar-refractivity contribution in [2.24, 2.45) is 7.05 Å². The van der Waals surface area contributed by atoms with Gasteiger partial charge in [-0.05, 0) is 37.6 Å². The zero-order chi connectivity index (χ0) is 13.9. The van der Waals surface area contributed by atoms with Gasteiger partial charge in [-0.1, -0.05) is 0 Å². The molecular weight excluding hydrogens is 272 g/mol. The fourth-order valence-corrected chi connectivity index (χ4v) is 3.41. The van der Waals surface area contributed by atoms with E-state index in [1.54, 1.807) is 6.20 Å². The third-order valence-electron chi connectivity index (χ3n) is 3.54. The van der Waals surface area contributed by atoms with Gasteiger partial charge in [0.25, 0.3) is 5.91 Å². The van der Waals surface area contributed by atoms with E-state index in [2.05, 4.69) is 15.7 Å². The van der Waals surface area contributed by atoms with Gasteiger partial charge in [0.1, 0.15) is 0 Å². The van der Waals surface area contributed by atoms with Crippen molar-refractivity contribution < 1.29 is 4.79 Å². The molecule has 0 unspecified atom stereocenters. The van der Waals surface area contributed by atoms with E-state index < -0.39 is 0 Å². The Morgan fingerprint density at radius 2 is 2.40 bits per heavy atom. The lowest BCUT2D eigenvalue weighted by Crippen LogP contribution is -2.45. The Hall–Kier alpha value is -1.66. The van der Waals surface area contributed by atoms with Gasteiger partial charge in [-0.25, -0.2) is 0 Å². The number of amides is 1. The molecule has 1 amide bonds.